The van der Waals surface area contributed by atoms with Crippen LogP contribution in [-0.4, -0.2) is 36.5 Å². The van der Waals surface area contributed by atoms with Crippen molar-refractivity contribution in [1.29, 1.82) is 0 Å². The summed E-state index contributed by atoms with van der Waals surface area (Å²) in [5.41, 5.74) is 2.20. The van der Waals surface area contributed by atoms with Crippen LogP contribution in [-0.2, 0) is 17.8 Å². The van der Waals surface area contributed by atoms with Gasteiger partial charge in [-0.3, -0.25) is 14.5 Å². The largest absolute Gasteiger partial charge is 0.454 e. The molecule has 0 atom stereocenters. The minimum absolute atomic E-state index is 0.126. The molecule has 0 saturated heterocycles. The van der Waals surface area contributed by atoms with Crippen LogP contribution in [0, 0.1) is 0 Å². The molecule has 3 heterocycles. The standard InChI is InChI=1S/C18H18N2O4S/c1-11(21)13-6-15-16(24-10-23-15)7-14(13)19-18(22)9-20-4-2-17-12(8-20)3-5-25-17/h3,5-7H,2,4,8-10H2,1H3,(H,19,22). The lowest BCUT2D eigenvalue weighted by Crippen LogP contribution is -2.36. The number of carbonyl (C=O) groups is 2. The van der Waals surface area contributed by atoms with E-state index in [0.717, 1.165) is 19.5 Å². The van der Waals surface area contributed by atoms with Crippen LogP contribution in [0.25, 0.3) is 0 Å². The Morgan fingerprint density at radius 3 is 2.88 bits per heavy atom. The van der Waals surface area contributed by atoms with E-state index in [-0.39, 0.29) is 18.5 Å². The molecule has 2 aromatic rings. The minimum atomic E-state index is -0.139. The topological polar surface area (TPSA) is 67.9 Å². The second kappa shape index (κ2) is 6.50. The molecular formula is C18H18N2O4S. The summed E-state index contributed by atoms with van der Waals surface area (Å²) in [6.07, 6.45) is 0.975. The van der Waals surface area contributed by atoms with Gasteiger partial charge in [-0.25, -0.2) is 0 Å². The van der Waals surface area contributed by atoms with Crippen molar-refractivity contribution in [2.24, 2.45) is 0 Å². The zero-order valence-electron chi connectivity index (χ0n) is 13.8. The molecule has 1 amide bonds. The third kappa shape index (κ3) is 3.25. The predicted octanol–water partition coefficient (Wildman–Crippen LogP) is 2.68. The number of ketones is 1. The van der Waals surface area contributed by atoms with Gasteiger partial charge in [0.15, 0.2) is 17.3 Å². The highest BCUT2D eigenvalue weighted by Gasteiger charge is 2.22. The van der Waals surface area contributed by atoms with Gasteiger partial charge in [0.05, 0.1) is 12.2 Å². The van der Waals surface area contributed by atoms with E-state index in [9.17, 15) is 9.59 Å². The number of fused-ring (bicyclic) bond motifs is 2. The number of rotatable bonds is 4. The van der Waals surface area contributed by atoms with Crippen LogP contribution in [0.15, 0.2) is 23.6 Å². The van der Waals surface area contributed by atoms with Crippen LogP contribution in [0.2, 0.25) is 0 Å². The molecule has 6 nitrogen and oxygen atoms in total. The molecule has 2 aliphatic heterocycles. The molecule has 7 heteroatoms. The van der Waals surface area contributed by atoms with E-state index < -0.39 is 0 Å². The minimum Gasteiger partial charge on any atom is -0.454 e. The summed E-state index contributed by atoms with van der Waals surface area (Å²) in [5, 5.41) is 4.95. The monoisotopic (exact) mass is 358 g/mol. The lowest BCUT2D eigenvalue weighted by atomic mass is 10.1. The maximum atomic E-state index is 12.5. The Kier molecular flexibility index (Phi) is 4.19. The first-order chi connectivity index (χ1) is 12.1. The summed E-state index contributed by atoms with van der Waals surface area (Å²) in [7, 11) is 0. The van der Waals surface area contributed by atoms with E-state index in [1.807, 2.05) is 0 Å². The van der Waals surface area contributed by atoms with Crippen molar-refractivity contribution in [1.82, 2.24) is 4.90 Å². The normalized spacial score (nSPS) is 15.7. The zero-order valence-corrected chi connectivity index (χ0v) is 14.6. The fraction of sp³-hybridized carbons (Fsp3) is 0.333. The molecule has 0 unspecified atom stereocenters. The highest BCUT2D eigenvalue weighted by Crippen LogP contribution is 2.37. The maximum absolute atomic E-state index is 12.5. The van der Waals surface area contributed by atoms with Crippen LogP contribution in [0.1, 0.15) is 27.7 Å². The number of benzene rings is 1. The van der Waals surface area contributed by atoms with E-state index >= 15 is 0 Å². The van der Waals surface area contributed by atoms with Gasteiger partial charge < -0.3 is 14.8 Å². The molecule has 0 aliphatic carbocycles. The van der Waals surface area contributed by atoms with Gasteiger partial charge in [-0.2, -0.15) is 0 Å². The van der Waals surface area contributed by atoms with E-state index in [1.54, 1.807) is 23.5 Å². The molecule has 0 fully saturated rings. The molecule has 4 rings (SSSR count). The van der Waals surface area contributed by atoms with E-state index in [0.29, 0.717) is 29.3 Å². The number of nitrogens with one attached hydrogen (secondary N) is 1. The van der Waals surface area contributed by atoms with Crippen molar-refractivity contribution in [3.05, 3.63) is 39.6 Å². The van der Waals surface area contributed by atoms with Gasteiger partial charge in [-0.1, -0.05) is 0 Å². The average molecular weight is 358 g/mol. The molecule has 0 saturated carbocycles. The van der Waals surface area contributed by atoms with Crippen LogP contribution in [0.4, 0.5) is 5.69 Å². The molecule has 1 aromatic carbocycles. The van der Waals surface area contributed by atoms with Crippen LogP contribution >= 0.6 is 11.3 Å². The summed E-state index contributed by atoms with van der Waals surface area (Å²) in [4.78, 5) is 27.9. The number of hydrogen-bond donors (Lipinski definition) is 1. The number of ether oxygens (including phenoxy) is 2. The van der Waals surface area contributed by atoms with Gasteiger partial charge in [0.25, 0.3) is 0 Å². The first-order valence-electron chi connectivity index (χ1n) is 8.12. The highest BCUT2D eigenvalue weighted by molar-refractivity contribution is 7.10. The Balaban J connectivity index is 1.47. The fourth-order valence-corrected chi connectivity index (χ4v) is 4.06. The molecular weight excluding hydrogens is 340 g/mol. The Hall–Kier alpha value is -2.38. The molecule has 0 radical (unpaired) electrons. The molecule has 25 heavy (non-hydrogen) atoms. The summed E-state index contributed by atoms with van der Waals surface area (Å²) in [6.45, 7) is 3.53. The smallest absolute Gasteiger partial charge is 0.238 e. The van der Waals surface area contributed by atoms with Crippen LogP contribution in [0.5, 0.6) is 11.5 Å². The van der Waals surface area contributed by atoms with E-state index in [1.165, 1.54) is 17.4 Å². The van der Waals surface area contributed by atoms with Gasteiger partial charge in [0.2, 0.25) is 12.7 Å². The van der Waals surface area contributed by atoms with E-state index in [2.05, 4.69) is 21.7 Å². The third-order valence-electron chi connectivity index (χ3n) is 4.42. The van der Waals surface area contributed by atoms with Gasteiger partial charge in [-0.05, 0) is 36.4 Å². The van der Waals surface area contributed by atoms with Crippen molar-refractivity contribution in [3.8, 4) is 11.5 Å². The Labute approximate surface area is 149 Å². The van der Waals surface area contributed by atoms with E-state index in [4.69, 9.17) is 9.47 Å². The lowest BCUT2D eigenvalue weighted by molar-refractivity contribution is -0.117. The van der Waals surface area contributed by atoms with Crippen molar-refractivity contribution in [2.45, 2.75) is 19.9 Å². The summed E-state index contributed by atoms with van der Waals surface area (Å²) in [6, 6.07) is 5.40. The third-order valence-corrected chi connectivity index (χ3v) is 5.44. The number of Topliss-reactive ketones (excluding diaryl/α,β-unsaturated/α-hetero) is 1. The van der Waals surface area contributed by atoms with Gasteiger partial charge in [0, 0.05) is 29.6 Å². The number of nitrogens with zero attached hydrogens (tertiary/aromatic N) is 1. The van der Waals surface area contributed by atoms with Gasteiger partial charge in [-0.15, -0.1) is 11.3 Å². The fourth-order valence-electron chi connectivity index (χ4n) is 3.17. The molecule has 1 aromatic heterocycles. The summed E-state index contributed by atoms with van der Waals surface area (Å²) < 4.78 is 10.6. The van der Waals surface area contributed by atoms with Gasteiger partial charge in [0.1, 0.15) is 0 Å². The number of hydrogen-bond acceptors (Lipinski definition) is 6. The molecule has 0 spiro atoms. The Bertz CT molecular complexity index is 846. The van der Waals surface area contributed by atoms with Crippen molar-refractivity contribution < 1.29 is 19.1 Å². The second-order valence-electron chi connectivity index (χ2n) is 6.19. The number of anilines is 1. The SMILES string of the molecule is CC(=O)c1cc2c(cc1NC(=O)CN1CCc3sccc3C1)OCO2. The number of thiophene rings is 1. The quantitative estimate of drug-likeness (QED) is 0.851. The second-order valence-corrected chi connectivity index (χ2v) is 7.19. The van der Waals surface area contributed by atoms with Crippen molar-refractivity contribution in [3.63, 3.8) is 0 Å². The Morgan fingerprint density at radius 2 is 2.08 bits per heavy atom. The van der Waals surface area contributed by atoms with Crippen molar-refractivity contribution in [2.75, 3.05) is 25.2 Å². The van der Waals surface area contributed by atoms with Crippen molar-refractivity contribution >= 4 is 28.7 Å². The summed E-state index contributed by atoms with van der Waals surface area (Å²) >= 11 is 1.77. The highest BCUT2D eigenvalue weighted by atomic mass is 32.1. The van der Waals surface area contributed by atoms with Crippen LogP contribution < -0.4 is 14.8 Å². The molecule has 0 bridgehead atoms. The number of amides is 1. The summed E-state index contributed by atoms with van der Waals surface area (Å²) in [5.74, 6) is 0.805. The predicted molar refractivity (Wildman–Crippen MR) is 94.5 cm³/mol. The molecule has 130 valence electrons. The lowest BCUT2D eigenvalue weighted by Gasteiger charge is -2.26. The zero-order chi connectivity index (χ0) is 17.4. The maximum Gasteiger partial charge on any atom is 0.238 e. The Morgan fingerprint density at radius 1 is 1.28 bits per heavy atom. The molecule has 2 aliphatic rings. The number of carbonyl (C=O) groups excluding carboxylic acids is 2. The first-order valence-corrected chi connectivity index (χ1v) is 9.00. The average Bonchev–Trinajstić information content (AvgIpc) is 3.21. The first kappa shape index (κ1) is 16.1. The van der Waals surface area contributed by atoms with Gasteiger partial charge >= 0.3 is 0 Å². The van der Waals surface area contributed by atoms with Crippen LogP contribution in [0.3, 0.4) is 0 Å². The molecule has 1 N–H and O–H groups in total.